The van der Waals surface area contributed by atoms with E-state index in [-0.39, 0.29) is 24.6 Å². The Morgan fingerprint density at radius 3 is 2.72 bits per heavy atom. The van der Waals surface area contributed by atoms with Crippen LogP contribution in [0.2, 0.25) is 0 Å². The van der Waals surface area contributed by atoms with Crippen molar-refractivity contribution in [3.05, 3.63) is 41.1 Å². The summed E-state index contributed by atoms with van der Waals surface area (Å²) < 4.78 is 36.2. The molecule has 0 spiro atoms. The summed E-state index contributed by atoms with van der Waals surface area (Å²) >= 11 is 0. The summed E-state index contributed by atoms with van der Waals surface area (Å²) in [4.78, 5) is 27.4. The highest BCUT2D eigenvalue weighted by Gasteiger charge is 2.50. The Hall–Kier alpha value is -3.14. The monoisotopic (exact) mass is 459 g/mol. The van der Waals surface area contributed by atoms with Crippen LogP contribution < -0.4 is 4.72 Å². The fourth-order valence-corrected chi connectivity index (χ4v) is 5.14. The number of carbonyl (C=O) groups excluding carboxylic acids is 2. The molecule has 1 fully saturated rings. The molecule has 1 atom stereocenters. The highest BCUT2D eigenvalue weighted by Crippen LogP contribution is 2.36. The summed E-state index contributed by atoms with van der Waals surface area (Å²) in [7, 11) is -0.775. The second-order valence-corrected chi connectivity index (χ2v) is 9.66. The summed E-state index contributed by atoms with van der Waals surface area (Å²) in [6, 6.07) is 1.48. The van der Waals surface area contributed by atoms with Gasteiger partial charge in [0, 0.05) is 25.9 Å². The van der Waals surface area contributed by atoms with Gasteiger partial charge in [0.25, 0.3) is 0 Å². The molecule has 0 radical (unpaired) electrons. The molecule has 1 unspecified atom stereocenters. The number of nitriles is 1. The lowest BCUT2D eigenvalue weighted by Crippen LogP contribution is -2.54. The fraction of sp³-hybridized carbons (Fsp3) is 0.450. The van der Waals surface area contributed by atoms with E-state index in [2.05, 4.69) is 9.82 Å². The van der Waals surface area contributed by atoms with Crippen LogP contribution in [0.5, 0.6) is 0 Å². The van der Waals surface area contributed by atoms with E-state index in [1.54, 1.807) is 24.1 Å². The Bertz CT molecular complexity index is 1220. The third-order valence-corrected chi connectivity index (χ3v) is 7.15. The van der Waals surface area contributed by atoms with Crippen molar-refractivity contribution in [2.24, 2.45) is 13.0 Å². The maximum absolute atomic E-state index is 13.3. The standard InChI is InChI=1S/C20H23N6O5S/c1-24-11-14(10-22-24)12-26-18(27)16-9-15(32(29,30)23-20(13-21)5-6-20)3-4-17(16)25(19(26)28)7-8-31-2/h3-4,9-11,16,23H,5-8,12H2,1-2H3/q+1. The number of fused-ring (bicyclic) bond motifs is 1. The minimum absolute atomic E-state index is 0.00813. The number of ether oxygens (including phenoxy) is 1. The Labute approximate surface area is 185 Å². The number of nitrogens with zero attached hydrogens (tertiary/aromatic N) is 5. The zero-order valence-electron chi connectivity index (χ0n) is 17.7. The van der Waals surface area contributed by atoms with E-state index >= 15 is 0 Å². The molecule has 1 aliphatic heterocycles. The summed E-state index contributed by atoms with van der Waals surface area (Å²) in [6.45, 7) is 0.452. The molecule has 3 aliphatic rings. The number of nitrogens with one attached hydrogen (secondary N) is 1. The molecule has 1 aromatic heterocycles. The van der Waals surface area contributed by atoms with Gasteiger partial charge in [-0.15, -0.1) is 0 Å². The zero-order valence-corrected chi connectivity index (χ0v) is 18.5. The number of allylic oxidation sites excluding steroid dienone is 2. The van der Waals surface area contributed by atoms with Crippen LogP contribution >= 0.6 is 0 Å². The first kappa shape index (κ1) is 22.1. The number of aryl methyl sites for hydroxylation is 1. The molecule has 168 valence electrons. The second-order valence-electron chi connectivity index (χ2n) is 7.98. The SMILES string of the molecule is COCC[N+]1=C2C=CC(S(=O)(=O)NC3(C#N)CC3)=CC2C(=O)N(Cc2cnn(C)c2)C1=O. The molecule has 0 saturated heterocycles. The van der Waals surface area contributed by atoms with Crippen molar-refractivity contribution in [3.8, 4) is 6.07 Å². The zero-order chi connectivity index (χ0) is 23.1. The van der Waals surface area contributed by atoms with E-state index in [1.807, 2.05) is 6.07 Å². The molecule has 32 heavy (non-hydrogen) atoms. The van der Waals surface area contributed by atoms with Crippen molar-refractivity contribution in [2.75, 3.05) is 20.3 Å². The van der Waals surface area contributed by atoms with Gasteiger partial charge >= 0.3 is 11.9 Å². The molecule has 1 N–H and O–H groups in total. The number of sulfonamides is 1. The third kappa shape index (κ3) is 4.02. The largest absolute Gasteiger partial charge is 0.501 e. The van der Waals surface area contributed by atoms with Crippen LogP contribution in [0.4, 0.5) is 4.79 Å². The van der Waals surface area contributed by atoms with Crippen LogP contribution in [0.25, 0.3) is 0 Å². The molecule has 1 aromatic rings. The number of amides is 3. The average molecular weight is 460 g/mol. The van der Waals surface area contributed by atoms with Gasteiger partial charge in [-0.1, -0.05) is 0 Å². The predicted octanol–water partition coefficient (Wildman–Crippen LogP) is 0.0277. The van der Waals surface area contributed by atoms with Crippen LogP contribution in [-0.2, 0) is 33.1 Å². The molecular weight excluding hydrogens is 436 g/mol. The molecule has 3 amide bonds. The number of methoxy groups -OCH3 is 1. The first-order valence-electron chi connectivity index (χ1n) is 10.0. The van der Waals surface area contributed by atoms with Crippen LogP contribution in [0.15, 0.2) is 35.5 Å². The van der Waals surface area contributed by atoms with Crippen LogP contribution in [0.1, 0.15) is 18.4 Å². The van der Waals surface area contributed by atoms with Gasteiger partial charge in [0.1, 0.15) is 30.3 Å². The first-order chi connectivity index (χ1) is 15.2. The predicted molar refractivity (Wildman–Crippen MR) is 112 cm³/mol. The van der Waals surface area contributed by atoms with E-state index in [1.165, 1.54) is 29.9 Å². The highest BCUT2D eigenvalue weighted by molar-refractivity contribution is 7.93. The van der Waals surface area contributed by atoms with Gasteiger partial charge in [-0.3, -0.25) is 4.68 Å². The summed E-state index contributed by atoms with van der Waals surface area (Å²) in [5.74, 6) is -1.49. The molecule has 12 heteroatoms. The first-order valence-corrected chi connectivity index (χ1v) is 11.5. The van der Waals surface area contributed by atoms with Crippen molar-refractivity contribution in [3.63, 3.8) is 0 Å². The van der Waals surface area contributed by atoms with Gasteiger partial charge in [-0.05, 0) is 31.1 Å². The summed E-state index contributed by atoms with van der Waals surface area (Å²) in [5.41, 5.74) is -0.0281. The van der Waals surface area contributed by atoms with Gasteiger partial charge in [-0.25, -0.2) is 13.2 Å². The van der Waals surface area contributed by atoms with Crippen LogP contribution in [0.3, 0.4) is 0 Å². The number of hydrogen-bond acceptors (Lipinski definition) is 7. The number of urea groups is 1. The van der Waals surface area contributed by atoms with Crippen LogP contribution in [-0.4, -0.2) is 71.1 Å². The Morgan fingerprint density at radius 2 is 2.12 bits per heavy atom. The molecule has 2 heterocycles. The number of aromatic nitrogens is 2. The fourth-order valence-electron chi connectivity index (χ4n) is 3.70. The maximum Gasteiger partial charge on any atom is 0.501 e. The number of hydrogen-bond donors (Lipinski definition) is 1. The van der Waals surface area contributed by atoms with Crippen LogP contribution in [0, 0.1) is 17.2 Å². The maximum atomic E-state index is 13.3. The third-order valence-electron chi connectivity index (χ3n) is 5.60. The molecule has 0 aromatic carbocycles. The number of carbonyl (C=O) groups is 2. The topological polar surface area (TPSA) is 137 Å². The normalized spacial score (nSPS) is 22.0. The van der Waals surface area contributed by atoms with Crippen molar-refractivity contribution in [2.45, 2.75) is 24.9 Å². The quantitative estimate of drug-likeness (QED) is 0.541. The van der Waals surface area contributed by atoms with Gasteiger partial charge < -0.3 is 4.74 Å². The van der Waals surface area contributed by atoms with E-state index < -0.39 is 33.4 Å². The van der Waals surface area contributed by atoms with E-state index in [9.17, 15) is 23.3 Å². The molecule has 4 rings (SSSR count). The average Bonchev–Trinajstić information content (AvgIpc) is 3.41. The Balaban J connectivity index is 1.70. The van der Waals surface area contributed by atoms with E-state index in [4.69, 9.17) is 4.74 Å². The van der Waals surface area contributed by atoms with Gasteiger partial charge in [-0.2, -0.15) is 29.4 Å². The van der Waals surface area contributed by atoms with Crippen molar-refractivity contribution < 1.29 is 27.3 Å². The lowest BCUT2D eigenvalue weighted by Gasteiger charge is -2.27. The lowest BCUT2D eigenvalue weighted by molar-refractivity contribution is -0.444. The number of imide groups is 1. The summed E-state index contributed by atoms with van der Waals surface area (Å²) in [5, 5.41) is 13.3. The molecule has 1 saturated carbocycles. The van der Waals surface area contributed by atoms with Gasteiger partial charge in [0.15, 0.2) is 0 Å². The minimum atomic E-state index is -4.01. The Kier molecular flexibility index (Phi) is 5.58. The minimum Gasteiger partial charge on any atom is -0.381 e. The van der Waals surface area contributed by atoms with Gasteiger partial charge in [0.2, 0.25) is 10.0 Å². The second kappa shape index (κ2) is 8.09. The molecule has 2 aliphatic carbocycles. The Morgan fingerprint density at radius 1 is 1.38 bits per heavy atom. The van der Waals surface area contributed by atoms with Gasteiger partial charge in [0.05, 0.1) is 23.8 Å². The highest BCUT2D eigenvalue weighted by atomic mass is 32.2. The van der Waals surface area contributed by atoms with E-state index in [0.29, 0.717) is 24.1 Å². The smallest absolute Gasteiger partial charge is 0.381 e. The summed E-state index contributed by atoms with van der Waals surface area (Å²) in [6.07, 6.45) is 8.29. The molecule has 0 bridgehead atoms. The molecule has 11 nitrogen and oxygen atoms in total. The van der Waals surface area contributed by atoms with Crippen molar-refractivity contribution in [1.29, 1.82) is 5.26 Å². The van der Waals surface area contributed by atoms with Crippen molar-refractivity contribution >= 4 is 27.7 Å². The molecular formula is C20H23N6O5S+. The number of rotatable bonds is 8. The van der Waals surface area contributed by atoms with E-state index in [0.717, 1.165) is 4.90 Å². The van der Waals surface area contributed by atoms with Crippen molar-refractivity contribution in [1.82, 2.24) is 19.4 Å². The lowest BCUT2D eigenvalue weighted by atomic mass is 9.94.